The number of rotatable bonds is 5. The normalized spacial score (nSPS) is 10.1. The van der Waals surface area contributed by atoms with Gasteiger partial charge < -0.3 is 15.8 Å². The Labute approximate surface area is 135 Å². The molecule has 0 saturated heterocycles. The van der Waals surface area contributed by atoms with Gasteiger partial charge >= 0.3 is 0 Å². The fourth-order valence-corrected chi connectivity index (χ4v) is 2.00. The van der Waals surface area contributed by atoms with E-state index in [1.54, 1.807) is 24.3 Å². The Morgan fingerprint density at radius 3 is 2.41 bits per heavy atom. The number of nitrogens with two attached hydrogens (primary N) is 1. The number of aryl methyl sites for hydroxylation is 2. The molecule has 114 valence electrons. The highest BCUT2D eigenvalue weighted by molar-refractivity contribution is 7.80. The summed E-state index contributed by atoms with van der Waals surface area (Å²) in [6, 6.07) is 12.8. The molecule has 0 aliphatic rings. The fourth-order valence-electron chi connectivity index (χ4n) is 1.87. The number of benzene rings is 2. The Kier molecular flexibility index (Phi) is 5.12. The standard InChI is InChI=1S/C17H18N2O2S/c1-11-3-8-15(9-12(11)2)21-10-16(20)19-14-6-4-13(5-7-14)17(18)22/h3-9H,10H2,1-2H3,(H2,18,22)(H,19,20). The first kappa shape index (κ1) is 16.0. The van der Waals surface area contributed by atoms with E-state index in [1.807, 2.05) is 32.0 Å². The number of nitrogens with one attached hydrogen (secondary N) is 1. The minimum absolute atomic E-state index is 0.0421. The number of hydrogen-bond donors (Lipinski definition) is 2. The van der Waals surface area contributed by atoms with Crippen molar-refractivity contribution in [1.82, 2.24) is 0 Å². The third kappa shape index (κ3) is 4.30. The number of amides is 1. The molecular formula is C17H18N2O2S. The molecule has 0 saturated carbocycles. The van der Waals surface area contributed by atoms with Crippen LogP contribution in [0.3, 0.4) is 0 Å². The summed E-state index contributed by atoms with van der Waals surface area (Å²) in [6.45, 7) is 3.99. The number of carbonyl (C=O) groups is 1. The van der Waals surface area contributed by atoms with E-state index < -0.39 is 0 Å². The molecule has 0 radical (unpaired) electrons. The topological polar surface area (TPSA) is 64.3 Å². The summed E-state index contributed by atoms with van der Waals surface area (Å²) in [5, 5.41) is 2.76. The molecule has 0 heterocycles. The Bertz CT molecular complexity index is 696. The molecule has 0 aromatic heterocycles. The first-order chi connectivity index (χ1) is 10.5. The van der Waals surface area contributed by atoms with E-state index >= 15 is 0 Å². The van der Waals surface area contributed by atoms with Gasteiger partial charge in [0.05, 0.1) is 0 Å². The van der Waals surface area contributed by atoms with Gasteiger partial charge in [0, 0.05) is 11.3 Å². The lowest BCUT2D eigenvalue weighted by Gasteiger charge is -2.09. The van der Waals surface area contributed by atoms with E-state index in [9.17, 15) is 4.79 Å². The van der Waals surface area contributed by atoms with Crippen molar-refractivity contribution in [2.75, 3.05) is 11.9 Å². The lowest BCUT2D eigenvalue weighted by molar-refractivity contribution is -0.118. The lowest BCUT2D eigenvalue weighted by atomic mass is 10.1. The molecule has 3 N–H and O–H groups in total. The van der Waals surface area contributed by atoms with Crippen molar-refractivity contribution in [1.29, 1.82) is 0 Å². The van der Waals surface area contributed by atoms with Gasteiger partial charge in [0.2, 0.25) is 0 Å². The minimum Gasteiger partial charge on any atom is -0.484 e. The van der Waals surface area contributed by atoms with Crippen LogP contribution in [0.25, 0.3) is 0 Å². The predicted molar refractivity (Wildman–Crippen MR) is 92.4 cm³/mol. The third-order valence-electron chi connectivity index (χ3n) is 3.30. The van der Waals surface area contributed by atoms with Gasteiger partial charge in [-0.25, -0.2) is 0 Å². The molecule has 0 spiro atoms. The van der Waals surface area contributed by atoms with Crippen molar-refractivity contribution in [2.24, 2.45) is 5.73 Å². The second-order valence-corrected chi connectivity index (χ2v) is 5.46. The SMILES string of the molecule is Cc1ccc(OCC(=O)Nc2ccc(C(N)=S)cc2)cc1C. The van der Waals surface area contributed by atoms with Crippen LogP contribution in [0, 0.1) is 13.8 Å². The van der Waals surface area contributed by atoms with Crippen LogP contribution in [0.15, 0.2) is 42.5 Å². The van der Waals surface area contributed by atoms with Crippen molar-refractivity contribution >= 4 is 28.8 Å². The predicted octanol–water partition coefficient (Wildman–Crippen LogP) is 2.96. The Balaban J connectivity index is 1.89. The summed E-state index contributed by atoms with van der Waals surface area (Å²) >= 11 is 4.88. The highest BCUT2D eigenvalue weighted by atomic mass is 32.1. The summed E-state index contributed by atoms with van der Waals surface area (Å²) in [5.74, 6) is 0.461. The number of hydrogen-bond acceptors (Lipinski definition) is 3. The van der Waals surface area contributed by atoms with Crippen LogP contribution in [0.1, 0.15) is 16.7 Å². The van der Waals surface area contributed by atoms with Crippen LogP contribution in [0.2, 0.25) is 0 Å². The van der Waals surface area contributed by atoms with Gasteiger partial charge in [-0.2, -0.15) is 0 Å². The summed E-state index contributed by atoms with van der Waals surface area (Å²) in [4.78, 5) is 12.2. The average Bonchev–Trinajstić information content (AvgIpc) is 2.49. The van der Waals surface area contributed by atoms with Gasteiger partial charge in [-0.3, -0.25) is 4.79 Å². The Morgan fingerprint density at radius 2 is 1.82 bits per heavy atom. The fraction of sp³-hybridized carbons (Fsp3) is 0.176. The van der Waals surface area contributed by atoms with E-state index in [0.717, 1.165) is 11.1 Å². The van der Waals surface area contributed by atoms with Crippen LogP contribution in [0.5, 0.6) is 5.75 Å². The zero-order chi connectivity index (χ0) is 16.1. The number of anilines is 1. The quantitative estimate of drug-likeness (QED) is 0.833. The number of ether oxygens (including phenoxy) is 1. The van der Waals surface area contributed by atoms with Crippen molar-refractivity contribution in [3.8, 4) is 5.75 Å². The molecule has 2 aromatic carbocycles. The van der Waals surface area contributed by atoms with Crippen LogP contribution in [-0.2, 0) is 4.79 Å². The van der Waals surface area contributed by atoms with E-state index in [2.05, 4.69) is 5.32 Å². The first-order valence-corrected chi connectivity index (χ1v) is 7.26. The second kappa shape index (κ2) is 7.04. The molecule has 1 amide bonds. The molecular weight excluding hydrogens is 296 g/mol. The van der Waals surface area contributed by atoms with Crippen LogP contribution in [0.4, 0.5) is 5.69 Å². The number of carbonyl (C=O) groups excluding carboxylic acids is 1. The maximum Gasteiger partial charge on any atom is 0.262 e. The Hall–Kier alpha value is -2.40. The largest absolute Gasteiger partial charge is 0.484 e. The minimum atomic E-state index is -0.221. The van der Waals surface area contributed by atoms with Gasteiger partial charge in [0.1, 0.15) is 10.7 Å². The highest BCUT2D eigenvalue weighted by Gasteiger charge is 2.05. The molecule has 22 heavy (non-hydrogen) atoms. The van der Waals surface area contributed by atoms with Gasteiger partial charge in [0.15, 0.2) is 6.61 Å². The van der Waals surface area contributed by atoms with Gasteiger partial charge in [0.25, 0.3) is 5.91 Å². The number of thiocarbonyl (C=S) groups is 1. The zero-order valence-corrected chi connectivity index (χ0v) is 13.4. The van der Waals surface area contributed by atoms with Gasteiger partial charge in [-0.15, -0.1) is 0 Å². The van der Waals surface area contributed by atoms with Crippen molar-refractivity contribution < 1.29 is 9.53 Å². The molecule has 4 nitrogen and oxygen atoms in total. The molecule has 2 aromatic rings. The molecule has 0 bridgehead atoms. The molecule has 5 heteroatoms. The lowest BCUT2D eigenvalue weighted by Crippen LogP contribution is -2.20. The smallest absolute Gasteiger partial charge is 0.262 e. The first-order valence-electron chi connectivity index (χ1n) is 6.85. The van der Waals surface area contributed by atoms with Gasteiger partial charge in [-0.1, -0.05) is 18.3 Å². The molecule has 2 rings (SSSR count). The van der Waals surface area contributed by atoms with E-state index in [-0.39, 0.29) is 12.5 Å². The highest BCUT2D eigenvalue weighted by Crippen LogP contribution is 2.16. The monoisotopic (exact) mass is 314 g/mol. The van der Waals surface area contributed by atoms with E-state index in [4.69, 9.17) is 22.7 Å². The maximum atomic E-state index is 11.9. The van der Waals surface area contributed by atoms with Crippen LogP contribution >= 0.6 is 12.2 Å². The molecule has 0 fully saturated rings. The van der Waals surface area contributed by atoms with Crippen molar-refractivity contribution in [3.63, 3.8) is 0 Å². The molecule has 0 aliphatic carbocycles. The van der Waals surface area contributed by atoms with Crippen molar-refractivity contribution in [2.45, 2.75) is 13.8 Å². The van der Waals surface area contributed by atoms with Gasteiger partial charge in [-0.05, 0) is 61.4 Å². The summed E-state index contributed by atoms with van der Waals surface area (Å²) in [6.07, 6.45) is 0. The summed E-state index contributed by atoms with van der Waals surface area (Å²) < 4.78 is 5.48. The van der Waals surface area contributed by atoms with E-state index in [0.29, 0.717) is 16.4 Å². The Morgan fingerprint density at radius 1 is 1.14 bits per heavy atom. The average molecular weight is 314 g/mol. The second-order valence-electron chi connectivity index (χ2n) is 5.02. The molecule has 0 unspecified atom stereocenters. The van der Waals surface area contributed by atoms with E-state index in [1.165, 1.54) is 5.56 Å². The van der Waals surface area contributed by atoms with Crippen LogP contribution < -0.4 is 15.8 Å². The molecule has 0 aliphatic heterocycles. The third-order valence-corrected chi connectivity index (χ3v) is 3.54. The van der Waals surface area contributed by atoms with Crippen molar-refractivity contribution in [3.05, 3.63) is 59.2 Å². The van der Waals surface area contributed by atoms with Crippen LogP contribution in [-0.4, -0.2) is 17.5 Å². The molecule has 0 atom stereocenters. The summed E-state index contributed by atoms with van der Waals surface area (Å²) in [5.41, 5.74) is 9.28. The summed E-state index contributed by atoms with van der Waals surface area (Å²) in [7, 11) is 0. The maximum absolute atomic E-state index is 11.9. The zero-order valence-electron chi connectivity index (χ0n) is 12.6.